The van der Waals surface area contributed by atoms with Crippen LogP contribution in [-0.4, -0.2) is 57.0 Å². The lowest BCUT2D eigenvalue weighted by atomic mass is 9.95. The Balaban J connectivity index is 1.72. The van der Waals surface area contributed by atoms with Crippen molar-refractivity contribution in [2.24, 2.45) is 5.92 Å². The molecule has 1 saturated heterocycles. The molecular weight excluding hydrogens is 394 g/mol. The molecule has 1 aliphatic heterocycles. The molecule has 1 fully saturated rings. The van der Waals surface area contributed by atoms with E-state index < -0.39 is 28.1 Å². The Kier molecular flexibility index (Phi) is 8.45. The number of aryl methyl sites for hydroxylation is 1. The first-order chi connectivity index (χ1) is 13.7. The normalized spacial score (nSPS) is 16.8. The van der Waals surface area contributed by atoms with Gasteiger partial charge in [0.25, 0.3) is 0 Å². The van der Waals surface area contributed by atoms with E-state index in [9.17, 15) is 18.0 Å². The van der Waals surface area contributed by atoms with Crippen LogP contribution in [0.5, 0.6) is 0 Å². The summed E-state index contributed by atoms with van der Waals surface area (Å²) in [7, 11) is -3.45. The summed E-state index contributed by atoms with van der Waals surface area (Å²) in [6.07, 6.45) is 2.28. The predicted octanol–water partition coefficient (Wildman–Crippen LogP) is 2.04. The van der Waals surface area contributed by atoms with Gasteiger partial charge in [-0.15, -0.1) is 0 Å². The quantitative estimate of drug-likeness (QED) is 0.620. The smallest absolute Gasteiger partial charge is 0.328 e. The molecule has 1 aromatic rings. The van der Waals surface area contributed by atoms with Crippen molar-refractivity contribution in [2.45, 2.75) is 51.0 Å². The van der Waals surface area contributed by atoms with Crippen molar-refractivity contribution in [3.8, 4) is 0 Å². The molecule has 2 amide bonds. The number of sulfonamides is 1. The fourth-order valence-electron chi connectivity index (χ4n) is 3.26. The van der Waals surface area contributed by atoms with Crippen molar-refractivity contribution >= 4 is 22.0 Å². The zero-order chi connectivity index (χ0) is 21.4. The van der Waals surface area contributed by atoms with Gasteiger partial charge in [0.1, 0.15) is 6.04 Å². The zero-order valence-corrected chi connectivity index (χ0v) is 18.1. The van der Waals surface area contributed by atoms with E-state index >= 15 is 0 Å². The minimum absolute atomic E-state index is 0.269. The fraction of sp³-hybridized carbons (Fsp3) is 0.600. The Labute approximate surface area is 173 Å². The number of piperidine rings is 1. The second-order valence-electron chi connectivity index (χ2n) is 7.32. The minimum Gasteiger partial charge on any atom is -0.464 e. The molecule has 1 aromatic carbocycles. The third-order valence-corrected chi connectivity index (χ3v) is 6.97. The Morgan fingerprint density at radius 2 is 1.83 bits per heavy atom. The van der Waals surface area contributed by atoms with Gasteiger partial charge in [-0.3, -0.25) is 0 Å². The van der Waals surface area contributed by atoms with E-state index in [1.54, 1.807) is 38.1 Å². The molecule has 0 radical (unpaired) electrons. The summed E-state index contributed by atoms with van der Waals surface area (Å²) < 4.78 is 31.9. The molecule has 0 aliphatic carbocycles. The molecule has 29 heavy (non-hydrogen) atoms. The van der Waals surface area contributed by atoms with Crippen LogP contribution in [0.2, 0.25) is 0 Å². The Hall–Kier alpha value is -2.13. The molecule has 0 unspecified atom stereocenters. The van der Waals surface area contributed by atoms with Crippen LogP contribution in [0.3, 0.4) is 0 Å². The topological polar surface area (TPSA) is 105 Å². The summed E-state index contributed by atoms with van der Waals surface area (Å²) in [5.41, 5.74) is 1.02. The van der Waals surface area contributed by atoms with Gasteiger partial charge in [-0.25, -0.2) is 18.0 Å². The maximum atomic E-state index is 12.7. The largest absolute Gasteiger partial charge is 0.464 e. The second-order valence-corrected chi connectivity index (χ2v) is 9.26. The number of benzene rings is 1. The molecule has 0 bridgehead atoms. The molecule has 1 atom stereocenters. The van der Waals surface area contributed by atoms with Crippen molar-refractivity contribution in [3.05, 3.63) is 29.8 Å². The first-order valence-corrected chi connectivity index (χ1v) is 11.5. The maximum absolute atomic E-state index is 12.7. The molecule has 9 heteroatoms. The maximum Gasteiger partial charge on any atom is 0.328 e. The van der Waals surface area contributed by atoms with Crippen LogP contribution in [0, 0.1) is 12.8 Å². The van der Waals surface area contributed by atoms with E-state index in [0.29, 0.717) is 30.4 Å². The number of hydrogen-bond acceptors (Lipinski definition) is 5. The van der Waals surface area contributed by atoms with Crippen molar-refractivity contribution in [3.63, 3.8) is 0 Å². The van der Waals surface area contributed by atoms with E-state index in [4.69, 9.17) is 4.74 Å². The van der Waals surface area contributed by atoms with Crippen LogP contribution >= 0.6 is 0 Å². The Bertz CT molecular complexity index is 787. The SMILES string of the molecule is CCOC(=O)[C@H](C)NC(=O)NCCC1CCN(S(=O)(=O)c2ccc(C)cc2)CC1. The lowest BCUT2D eigenvalue weighted by Crippen LogP contribution is -2.45. The van der Waals surface area contributed by atoms with Crippen LogP contribution in [0.15, 0.2) is 29.2 Å². The average molecular weight is 426 g/mol. The van der Waals surface area contributed by atoms with Crippen molar-refractivity contribution in [1.82, 2.24) is 14.9 Å². The van der Waals surface area contributed by atoms with Gasteiger partial charge in [0.2, 0.25) is 10.0 Å². The van der Waals surface area contributed by atoms with Crippen LogP contribution in [0.4, 0.5) is 4.79 Å². The van der Waals surface area contributed by atoms with Crippen LogP contribution in [0.25, 0.3) is 0 Å². The molecular formula is C20H31N3O5S. The highest BCUT2D eigenvalue weighted by Gasteiger charge is 2.29. The monoisotopic (exact) mass is 425 g/mol. The molecule has 8 nitrogen and oxygen atoms in total. The second kappa shape index (κ2) is 10.6. The standard InChI is InChI=1S/C20H31N3O5S/c1-4-28-19(24)16(3)22-20(25)21-12-9-17-10-13-23(14-11-17)29(26,27)18-7-5-15(2)6-8-18/h5-8,16-17H,4,9-14H2,1-3H3,(H2,21,22,25)/t16-/m0/s1. The summed E-state index contributed by atoms with van der Waals surface area (Å²) in [6.45, 7) is 6.90. The number of nitrogens with one attached hydrogen (secondary N) is 2. The van der Waals surface area contributed by atoms with Crippen molar-refractivity contribution < 1.29 is 22.7 Å². The molecule has 1 aliphatic rings. The fourth-order valence-corrected chi connectivity index (χ4v) is 4.73. The first kappa shape index (κ1) is 23.2. The van der Waals surface area contributed by atoms with E-state index in [0.717, 1.165) is 24.8 Å². The highest BCUT2D eigenvalue weighted by Crippen LogP contribution is 2.25. The van der Waals surface area contributed by atoms with Crippen LogP contribution in [-0.2, 0) is 19.6 Å². The molecule has 0 aromatic heterocycles. The van der Waals surface area contributed by atoms with Gasteiger partial charge in [0.05, 0.1) is 11.5 Å². The minimum atomic E-state index is -3.45. The first-order valence-electron chi connectivity index (χ1n) is 10.0. The Morgan fingerprint density at radius 3 is 2.41 bits per heavy atom. The highest BCUT2D eigenvalue weighted by molar-refractivity contribution is 7.89. The van der Waals surface area contributed by atoms with Gasteiger partial charge in [-0.05, 0) is 58.1 Å². The number of nitrogens with zero attached hydrogens (tertiary/aromatic N) is 1. The third-order valence-electron chi connectivity index (χ3n) is 5.06. The lowest BCUT2D eigenvalue weighted by molar-refractivity contribution is -0.144. The number of carbonyl (C=O) groups excluding carboxylic acids is 2. The third kappa shape index (κ3) is 6.71. The highest BCUT2D eigenvalue weighted by atomic mass is 32.2. The van der Waals surface area contributed by atoms with Crippen LogP contribution < -0.4 is 10.6 Å². The summed E-state index contributed by atoms with van der Waals surface area (Å²) in [6, 6.07) is 5.79. The molecule has 0 spiro atoms. The summed E-state index contributed by atoms with van der Waals surface area (Å²) in [4.78, 5) is 23.7. The van der Waals surface area contributed by atoms with Crippen LogP contribution in [0.1, 0.15) is 38.7 Å². The van der Waals surface area contributed by atoms with Crippen molar-refractivity contribution in [2.75, 3.05) is 26.2 Å². The van der Waals surface area contributed by atoms with E-state index in [2.05, 4.69) is 10.6 Å². The van der Waals surface area contributed by atoms with E-state index in [1.807, 2.05) is 6.92 Å². The van der Waals surface area contributed by atoms with Gasteiger partial charge in [-0.1, -0.05) is 17.7 Å². The molecule has 162 valence electrons. The number of hydrogen-bond donors (Lipinski definition) is 2. The number of esters is 1. The molecule has 0 saturated carbocycles. The summed E-state index contributed by atoms with van der Waals surface area (Å²) in [5.74, 6) is -0.118. The predicted molar refractivity (Wildman–Crippen MR) is 110 cm³/mol. The molecule has 1 heterocycles. The summed E-state index contributed by atoms with van der Waals surface area (Å²) >= 11 is 0. The van der Waals surface area contributed by atoms with Gasteiger partial charge in [-0.2, -0.15) is 4.31 Å². The van der Waals surface area contributed by atoms with Gasteiger partial charge < -0.3 is 15.4 Å². The lowest BCUT2D eigenvalue weighted by Gasteiger charge is -2.31. The average Bonchev–Trinajstić information content (AvgIpc) is 2.69. The van der Waals surface area contributed by atoms with Gasteiger partial charge in [0, 0.05) is 19.6 Å². The number of rotatable bonds is 8. The number of carbonyl (C=O) groups is 2. The van der Waals surface area contributed by atoms with Gasteiger partial charge >= 0.3 is 12.0 Å². The summed E-state index contributed by atoms with van der Waals surface area (Å²) in [5, 5.41) is 5.28. The van der Waals surface area contributed by atoms with E-state index in [-0.39, 0.29) is 6.61 Å². The van der Waals surface area contributed by atoms with Gasteiger partial charge in [0.15, 0.2) is 0 Å². The van der Waals surface area contributed by atoms with E-state index in [1.165, 1.54) is 4.31 Å². The molecule has 2 rings (SSSR count). The van der Waals surface area contributed by atoms with Crippen molar-refractivity contribution in [1.29, 1.82) is 0 Å². The number of amides is 2. The number of urea groups is 1. The molecule has 2 N–H and O–H groups in total. The Morgan fingerprint density at radius 1 is 1.21 bits per heavy atom. The number of ether oxygens (including phenoxy) is 1. The zero-order valence-electron chi connectivity index (χ0n) is 17.3.